The van der Waals surface area contributed by atoms with Crippen LogP contribution in [0.4, 0.5) is 0 Å². The first-order valence-corrected chi connectivity index (χ1v) is 21.1. The number of rotatable bonds is 32. The zero-order valence-electron chi connectivity index (χ0n) is 30.5. The smallest absolute Gasteiger partial charge is 0.359 e. The monoisotopic (exact) mass is 669 g/mol. The van der Waals surface area contributed by atoms with Crippen LogP contribution in [0, 0.1) is 0 Å². The molecule has 0 aromatic rings. The van der Waals surface area contributed by atoms with Gasteiger partial charge in [-0.05, 0) is 64.2 Å². The fourth-order valence-corrected chi connectivity index (χ4v) is 6.09. The zero-order chi connectivity index (χ0) is 33.8. The molecule has 0 radical (unpaired) electrons. The summed E-state index contributed by atoms with van der Waals surface area (Å²) in [5.41, 5.74) is 0. The predicted molar refractivity (Wildman–Crippen MR) is 202 cm³/mol. The van der Waals surface area contributed by atoms with Gasteiger partial charge in [-0.2, -0.15) is 8.42 Å². The molecule has 272 valence electrons. The van der Waals surface area contributed by atoms with Crippen LogP contribution < -0.4 is 0 Å². The van der Waals surface area contributed by atoms with Crippen molar-refractivity contribution in [1.82, 2.24) is 4.90 Å². The molecule has 2 N–H and O–H groups in total. The average molecular weight is 669 g/mol. The molecule has 1 rings (SSSR count). The Morgan fingerprint density at radius 3 is 1.26 bits per heavy atom. The van der Waals surface area contributed by atoms with Crippen molar-refractivity contribution in [3.63, 3.8) is 0 Å². The highest BCUT2D eigenvalue weighted by Crippen LogP contribution is 2.15. The first-order chi connectivity index (χ1) is 22.4. The van der Waals surface area contributed by atoms with Crippen LogP contribution in [0.3, 0.4) is 0 Å². The lowest BCUT2D eigenvalue weighted by atomic mass is 10.1. The minimum Gasteiger partial charge on any atom is -0.359 e. The third-order valence-electron chi connectivity index (χ3n) is 8.88. The number of aliphatic imine (C=N–C) groups is 1. The van der Waals surface area contributed by atoms with Crippen molar-refractivity contribution < 1.29 is 17.5 Å². The van der Waals surface area contributed by atoms with E-state index in [1.54, 1.807) is 0 Å². The van der Waals surface area contributed by atoms with Gasteiger partial charge in [0, 0.05) is 19.5 Å². The zero-order valence-corrected chi connectivity index (χ0v) is 31.3. The van der Waals surface area contributed by atoms with Gasteiger partial charge in [0.05, 0.1) is 12.4 Å². The second-order valence-electron chi connectivity index (χ2n) is 13.4. The lowest BCUT2D eigenvalue weighted by molar-refractivity contribution is 0.381. The summed E-state index contributed by atoms with van der Waals surface area (Å²) >= 11 is 0. The Balaban J connectivity index is 0.00000373. The Labute approximate surface area is 287 Å². The molecule has 0 unspecified atom stereocenters. The molecule has 1 heterocycles. The topological polar surface area (TPSA) is 90.2 Å². The highest BCUT2D eigenvalue weighted by molar-refractivity contribution is 7.79. The van der Waals surface area contributed by atoms with E-state index < -0.39 is 10.4 Å². The molecule has 46 heavy (non-hydrogen) atoms. The van der Waals surface area contributed by atoms with Gasteiger partial charge in [-0.3, -0.25) is 14.1 Å². The Kier molecular flexibility index (Phi) is 34.2. The molecular weight excluding hydrogens is 593 g/mol. The number of unbranched alkanes of at least 4 members (excludes halogenated alkanes) is 24. The Hall–Kier alpha value is -1.18. The van der Waals surface area contributed by atoms with E-state index >= 15 is 0 Å². The maximum absolute atomic E-state index is 8.74. The SMILES string of the molecule is CCCCCCCCC=CCCCCCCCCC1=NCCN1CCCCCCCCC=CCCCCCCCC.O=S(=O)(O)O. The van der Waals surface area contributed by atoms with E-state index in [-0.39, 0.29) is 0 Å². The van der Waals surface area contributed by atoms with Crippen molar-refractivity contribution in [1.29, 1.82) is 0 Å². The first kappa shape index (κ1) is 44.8. The molecule has 0 spiro atoms. The molecular formula is C39H76N2O4S. The summed E-state index contributed by atoms with van der Waals surface area (Å²) in [6, 6.07) is 0. The lowest BCUT2D eigenvalue weighted by Crippen LogP contribution is -2.28. The number of amidine groups is 1. The lowest BCUT2D eigenvalue weighted by Gasteiger charge is -2.20. The summed E-state index contributed by atoms with van der Waals surface area (Å²) in [6.45, 7) is 8.04. The second-order valence-corrected chi connectivity index (χ2v) is 14.3. The maximum atomic E-state index is 8.74. The van der Waals surface area contributed by atoms with E-state index in [0.717, 1.165) is 6.54 Å². The van der Waals surface area contributed by atoms with Crippen LogP contribution in [0.2, 0.25) is 0 Å². The van der Waals surface area contributed by atoms with Crippen molar-refractivity contribution >= 4 is 16.2 Å². The van der Waals surface area contributed by atoms with Crippen molar-refractivity contribution in [2.75, 3.05) is 19.6 Å². The molecule has 0 saturated heterocycles. The van der Waals surface area contributed by atoms with Crippen LogP contribution in [0.15, 0.2) is 29.3 Å². The molecule has 0 bridgehead atoms. The number of hydrogen-bond donors (Lipinski definition) is 2. The summed E-state index contributed by atoms with van der Waals surface area (Å²) in [4.78, 5) is 7.45. The van der Waals surface area contributed by atoms with Crippen LogP contribution >= 0.6 is 0 Å². The fraction of sp³-hybridized carbons (Fsp3) is 0.872. The predicted octanol–water partition coefficient (Wildman–Crippen LogP) is 12.5. The Morgan fingerprint density at radius 2 is 0.870 bits per heavy atom. The molecule has 0 aliphatic carbocycles. The van der Waals surface area contributed by atoms with E-state index in [2.05, 4.69) is 43.1 Å². The molecule has 1 aliphatic rings. The van der Waals surface area contributed by atoms with Gasteiger partial charge in [-0.1, -0.05) is 154 Å². The van der Waals surface area contributed by atoms with Crippen LogP contribution in [0.25, 0.3) is 0 Å². The van der Waals surface area contributed by atoms with E-state index in [1.165, 1.54) is 205 Å². The highest BCUT2D eigenvalue weighted by Gasteiger charge is 2.15. The van der Waals surface area contributed by atoms with Gasteiger partial charge < -0.3 is 4.90 Å². The molecule has 0 atom stereocenters. The van der Waals surface area contributed by atoms with Crippen molar-refractivity contribution in [3.8, 4) is 0 Å². The molecule has 6 nitrogen and oxygen atoms in total. The second kappa shape index (κ2) is 35.1. The molecule has 0 fully saturated rings. The number of allylic oxidation sites excluding steroid dienone is 4. The third kappa shape index (κ3) is 37.3. The van der Waals surface area contributed by atoms with E-state index in [0.29, 0.717) is 0 Å². The van der Waals surface area contributed by atoms with E-state index in [1.807, 2.05) is 0 Å². The summed E-state index contributed by atoms with van der Waals surface area (Å²) in [5, 5.41) is 0. The summed E-state index contributed by atoms with van der Waals surface area (Å²) in [6.07, 6.45) is 49.8. The standard InChI is InChI=1S/C39H74N2.H2O4S/c1-3-5-7-9-11-13-15-17-19-21-23-25-27-29-31-33-35-39-40-36-38-41(39)37-34-32-30-28-26-24-22-20-18-16-14-12-10-8-6-4-2;1-5(2,3)4/h17-20H,3-16,21-38H2,1-2H3;(H2,1,2,3,4). The highest BCUT2D eigenvalue weighted by atomic mass is 32.3. The minimum atomic E-state index is -4.67. The normalized spacial score (nSPS) is 13.6. The van der Waals surface area contributed by atoms with E-state index in [9.17, 15) is 0 Å². The summed E-state index contributed by atoms with van der Waals surface area (Å²) in [5.74, 6) is 1.42. The number of hydrogen-bond acceptors (Lipinski definition) is 4. The molecule has 0 aromatic heterocycles. The molecule has 1 aliphatic heterocycles. The minimum absolute atomic E-state index is 1.04. The van der Waals surface area contributed by atoms with Crippen molar-refractivity contribution in [2.24, 2.45) is 4.99 Å². The Morgan fingerprint density at radius 1 is 0.543 bits per heavy atom. The fourth-order valence-electron chi connectivity index (χ4n) is 6.09. The van der Waals surface area contributed by atoms with Crippen LogP contribution in [0.1, 0.15) is 200 Å². The molecule has 7 heteroatoms. The van der Waals surface area contributed by atoms with Gasteiger partial charge in [0.15, 0.2) is 0 Å². The quantitative estimate of drug-likeness (QED) is 0.0423. The van der Waals surface area contributed by atoms with Crippen LogP contribution in [-0.4, -0.2) is 47.9 Å². The number of nitrogens with zero attached hydrogens (tertiary/aromatic N) is 2. The van der Waals surface area contributed by atoms with Crippen molar-refractivity contribution in [2.45, 2.75) is 200 Å². The first-order valence-electron chi connectivity index (χ1n) is 19.7. The Bertz CT molecular complexity index is 818. The molecule has 0 saturated carbocycles. The van der Waals surface area contributed by atoms with E-state index in [4.69, 9.17) is 22.5 Å². The van der Waals surface area contributed by atoms with Crippen LogP contribution in [-0.2, 0) is 10.4 Å². The van der Waals surface area contributed by atoms with Crippen LogP contribution in [0.5, 0.6) is 0 Å². The van der Waals surface area contributed by atoms with Gasteiger partial charge >= 0.3 is 10.4 Å². The molecule has 0 aromatic carbocycles. The maximum Gasteiger partial charge on any atom is 0.394 e. The van der Waals surface area contributed by atoms with Gasteiger partial charge in [0.1, 0.15) is 0 Å². The third-order valence-corrected chi connectivity index (χ3v) is 8.88. The average Bonchev–Trinajstić information content (AvgIpc) is 3.47. The van der Waals surface area contributed by atoms with Gasteiger partial charge in [-0.15, -0.1) is 0 Å². The van der Waals surface area contributed by atoms with Crippen molar-refractivity contribution in [3.05, 3.63) is 24.3 Å². The largest absolute Gasteiger partial charge is 0.394 e. The summed E-state index contributed by atoms with van der Waals surface area (Å²) < 4.78 is 31.6. The van der Waals surface area contributed by atoms with Gasteiger partial charge in [-0.25, -0.2) is 0 Å². The van der Waals surface area contributed by atoms with Gasteiger partial charge in [0.25, 0.3) is 0 Å². The molecule has 0 amide bonds. The summed E-state index contributed by atoms with van der Waals surface area (Å²) in [7, 11) is -4.67. The van der Waals surface area contributed by atoms with Gasteiger partial charge in [0.2, 0.25) is 0 Å².